The Morgan fingerprint density at radius 3 is 3.11 bits per heavy atom. The lowest BCUT2D eigenvalue weighted by molar-refractivity contribution is -0.149. The second kappa shape index (κ2) is 6.69. The number of carbonyl (C=O) groups is 1. The van der Waals surface area contributed by atoms with E-state index in [1.807, 2.05) is 19.2 Å². The van der Waals surface area contributed by atoms with E-state index < -0.39 is 0 Å². The minimum atomic E-state index is -0.0483. The van der Waals surface area contributed by atoms with E-state index in [-0.39, 0.29) is 17.8 Å². The van der Waals surface area contributed by atoms with Gasteiger partial charge >= 0.3 is 5.97 Å². The molecule has 1 aromatic heterocycles. The van der Waals surface area contributed by atoms with Crippen LogP contribution in [0.15, 0.2) is 18.3 Å². The molecule has 0 aliphatic heterocycles. The molecule has 1 aliphatic rings. The van der Waals surface area contributed by atoms with E-state index in [4.69, 9.17) is 4.74 Å². The van der Waals surface area contributed by atoms with Crippen molar-refractivity contribution in [3.8, 4) is 0 Å². The number of aromatic nitrogens is 1. The first-order valence-electron chi connectivity index (χ1n) is 7.38. The van der Waals surface area contributed by atoms with Crippen LogP contribution < -0.4 is 0 Å². The molecule has 19 heavy (non-hydrogen) atoms. The minimum Gasteiger partial charge on any atom is -0.466 e. The summed E-state index contributed by atoms with van der Waals surface area (Å²) >= 11 is 0. The number of nitrogens with zero attached hydrogens (tertiary/aromatic N) is 1. The van der Waals surface area contributed by atoms with Gasteiger partial charge in [-0.05, 0) is 44.2 Å². The van der Waals surface area contributed by atoms with Crippen LogP contribution in [0, 0.1) is 5.92 Å². The van der Waals surface area contributed by atoms with Crippen LogP contribution in [0.25, 0.3) is 0 Å². The topological polar surface area (TPSA) is 39.2 Å². The highest BCUT2D eigenvalue weighted by atomic mass is 16.5. The summed E-state index contributed by atoms with van der Waals surface area (Å²) in [4.78, 5) is 16.7. The van der Waals surface area contributed by atoms with Crippen LogP contribution in [-0.2, 0) is 16.0 Å². The lowest BCUT2D eigenvalue weighted by Crippen LogP contribution is -2.28. The van der Waals surface area contributed by atoms with Crippen LogP contribution in [0.5, 0.6) is 0 Å². The molecule has 0 bridgehead atoms. The Kier molecular flexibility index (Phi) is 4.94. The van der Waals surface area contributed by atoms with Gasteiger partial charge in [-0.2, -0.15) is 0 Å². The van der Waals surface area contributed by atoms with Gasteiger partial charge in [-0.15, -0.1) is 0 Å². The number of rotatable bonds is 5. The van der Waals surface area contributed by atoms with Gasteiger partial charge in [0.15, 0.2) is 0 Å². The number of pyridine rings is 1. The van der Waals surface area contributed by atoms with Crippen molar-refractivity contribution in [2.45, 2.75) is 51.9 Å². The van der Waals surface area contributed by atoms with Crippen molar-refractivity contribution < 1.29 is 9.53 Å². The average molecular weight is 261 g/mol. The lowest BCUT2D eigenvalue weighted by Gasteiger charge is -2.29. The highest BCUT2D eigenvalue weighted by Crippen LogP contribution is 2.38. The number of aryl methyl sites for hydroxylation is 1. The molecule has 0 saturated heterocycles. The van der Waals surface area contributed by atoms with Crippen molar-refractivity contribution in [3.63, 3.8) is 0 Å². The van der Waals surface area contributed by atoms with Gasteiger partial charge in [0.05, 0.1) is 12.5 Å². The van der Waals surface area contributed by atoms with Gasteiger partial charge in [-0.25, -0.2) is 0 Å². The molecule has 104 valence electrons. The Labute approximate surface area is 115 Å². The van der Waals surface area contributed by atoms with Crippen LogP contribution in [0.2, 0.25) is 0 Å². The van der Waals surface area contributed by atoms with Crippen LogP contribution >= 0.6 is 0 Å². The Bertz CT molecular complexity index is 431. The van der Waals surface area contributed by atoms with Crippen LogP contribution in [0.4, 0.5) is 0 Å². The molecular formula is C16H23NO2. The molecule has 2 atom stereocenters. The zero-order valence-electron chi connectivity index (χ0n) is 11.9. The molecule has 2 rings (SSSR count). The molecule has 1 aromatic rings. The molecule has 3 nitrogen and oxygen atoms in total. The third kappa shape index (κ3) is 3.14. The molecule has 1 heterocycles. The zero-order valence-corrected chi connectivity index (χ0v) is 11.9. The minimum absolute atomic E-state index is 0.0288. The summed E-state index contributed by atoms with van der Waals surface area (Å²) in [6, 6.07) is 4.13. The highest BCUT2D eigenvalue weighted by Gasteiger charge is 2.33. The molecule has 0 radical (unpaired) electrons. The number of carbonyl (C=O) groups excluding carboxylic acids is 1. The maximum absolute atomic E-state index is 12.2. The van der Waals surface area contributed by atoms with Crippen molar-refractivity contribution in [3.05, 3.63) is 29.6 Å². The van der Waals surface area contributed by atoms with Gasteiger partial charge in [0.25, 0.3) is 0 Å². The monoisotopic (exact) mass is 261 g/mol. The largest absolute Gasteiger partial charge is 0.466 e. The maximum Gasteiger partial charge on any atom is 0.309 e. The van der Waals surface area contributed by atoms with E-state index in [0.29, 0.717) is 6.61 Å². The Morgan fingerprint density at radius 2 is 2.37 bits per heavy atom. The summed E-state index contributed by atoms with van der Waals surface area (Å²) in [5.74, 6) is 0.163. The van der Waals surface area contributed by atoms with E-state index in [1.54, 1.807) is 0 Å². The van der Waals surface area contributed by atoms with Crippen LogP contribution in [-0.4, -0.2) is 17.6 Å². The van der Waals surface area contributed by atoms with Crippen molar-refractivity contribution in [1.29, 1.82) is 0 Å². The Balaban J connectivity index is 2.25. The van der Waals surface area contributed by atoms with Gasteiger partial charge in [0, 0.05) is 17.8 Å². The lowest BCUT2D eigenvalue weighted by atomic mass is 9.77. The SMILES string of the molecule is CCCC(C(=O)OCC)C1CCCc2cccnc21. The first-order chi connectivity index (χ1) is 9.27. The van der Waals surface area contributed by atoms with Crippen molar-refractivity contribution >= 4 is 5.97 Å². The second-order valence-corrected chi connectivity index (χ2v) is 5.19. The summed E-state index contributed by atoms with van der Waals surface area (Å²) in [6.45, 7) is 4.45. The standard InChI is InChI=1S/C16H23NO2/c1-3-7-14(16(18)19-4-2)13-10-5-8-12-9-6-11-17-15(12)13/h6,9,11,13-14H,3-5,7-8,10H2,1-2H3. The predicted octanol–water partition coefficient (Wildman–Crippen LogP) is 3.48. The Hall–Kier alpha value is -1.38. The third-order valence-electron chi connectivity index (χ3n) is 3.91. The highest BCUT2D eigenvalue weighted by molar-refractivity contribution is 5.73. The molecule has 0 amide bonds. The summed E-state index contributed by atoms with van der Waals surface area (Å²) < 4.78 is 5.26. The zero-order chi connectivity index (χ0) is 13.7. The molecule has 0 fully saturated rings. The summed E-state index contributed by atoms with van der Waals surface area (Å²) in [5, 5.41) is 0. The third-order valence-corrected chi connectivity index (χ3v) is 3.91. The van der Waals surface area contributed by atoms with Crippen LogP contribution in [0.3, 0.4) is 0 Å². The quantitative estimate of drug-likeness (QED) is 0.762. The number of esters is 1. The van der Waals surface area contributed by atoms with E-state index in [1.165, 1.54) is 5.56 Å². The fourth-order valence-electron chi connectivity index (χ4n) is 3.08. The number of hydrogen-bond acceptors (Lipinski definition) is 3. The molecular weight excluding hydrogens is 238 g/mol. The van der Waals surface area contributed by atoms with Crippen molar-refractivity contribution in [1.82, 2.24) is 4.98 Å². The van der Waals surface area contributed by atoms with Gasteiger partial charge in [-0.3, -0.25) is 9.78 Å². The first kappa shape index (κ1) is 14.0. The Morgan fingerprint density at radius 1 is 1.53 bits per heavy atom. The average Bonchev–Trinajstić information content (AvgIpc) is 2.44. The second-order valence-electron chi connectivity index (χ2n) is 5.19. The van der Waals surface area contributed by atoms with Gasteiger partial charge in [-0.1, -0.05) is 19.4 Å². The van der Waals surface area contributed by atoms with E-state index in [0.717, 1.165) is 37.8 Å². The van der Waals surface area contributed by atoms with E-state index in [2.05, 4.69) is 18.0 Å². The molecule has 0 N–H and O–H groups in total. The first-order valence-corrected chi connectivity index (χ1v) is 7.38. The predicted molar refractivity (Wildman–Crippen MR) is 74.9 cm³/mol. The molecule has 0 saturated carbocycles. The number of hydrogen-bond donors (Lipinski definition) is 0. The fraction of sp³-hybridized carbons (Fsp3) is 0.625. The molecule has 0 aromatic carbocycles. The number of fused-ring (bicyclic) bond motifs is 1. The fourth-order valence-corrected chi connectivity index (χ4v) is 3.08. The van der Waals surface area contributed by atoms with Gasteiger partial charge in [0.1, 0.15) is 0 Å². The number of ether oxygens (including phenoxy) is 1. The smallest absolute Gasteiger partial charge is 0.309 e. The van der Waals surface area contributed by atoms with Crippen LogP contribution in [0.1, 0.15) is 56.7 Å². The van der Waals surface area contributed by atoms with Gasteiger partial charge < -0.3 is 4.74 Å². The molecule has 2 unspecified atom stereocenters. The summed E-state index contributed by atoms with van der Waals surface area (Å²) in [7, 11) is 0. The maximum atomic E-state index is 12.2. The van der Waals surface area contributed by atoms with E-state index in [9.17, 15) is 4.79 Å². The summed E-state index contributed by atoms with van der Waals surface area (Å²) in [6.07, 6.45) is 7.00. The molecule has 1 aliphatic carbocycles. The molecule has 0 spiro atoms. The molecule has 3 heteroatoms. The normalized spacial score (nSPS) is 19.6. The summed E-state index contributed by atoms with van der Waals surface area (Å²) in [5.41, 5.74) is 2.43. The van der Waals surface area contributed by atoms with Gasteiger partial charge in [0.2, 0.25) is 0 Å². The van der Waals surface area contributed by atoms with Crippen molar-refractivity contribution in [2.75, 3.05) is 6.61 Å². The van der Waals surface area contributed by atoms with E-state index >= 15 is 0 Å². The van der Waals surface area contributed by atoms with Crippen molar-refractivity contribution in [2.24, 2.45) is 5.92 Å².